The first kappa shape index (κ1) is 17.7. The third kappa shape index (κ3) is 4.93. The lowest BCUT2D eigenvalue weighted by Crippen LogP contribution is -2.37. The number of aromatic nitrogens is 1. The second-order valence-corrected chi connectivity index (χ2v) is 6.49. The fourth-order valence-electron chi connectivity index (χ4n) is 2.74. The zero-order valence-corrected chi connectivity index (χ0v) is 14.8. The summed E-state index contributed by atoms with van der Waals surface area (Å²) in [7, 11) is 0. The number of amides is 1. The Bertz CT molecular complexity index is 519. The van der Waals surface area contributed by atoms with Gasteiger partial charge in [-0.15, -0.1) is 0 Å². The van der Waals surface area contributed by atoms with E-state index in [4.69, 9.17) is 4.74 Å². The maximum absolute atomic E-state index is 12.8. The number of ether oxygens (including phenoxy) is 1. The molecule has 1 aromatic rings. The van der Waals surface area contributed by atoms with E-state index in [-0.39, 0.29) is 12.0 Å². The van der Waals surface area contributed by atoms with Gasteiger partial charge in [0.15, 0.2) is 0 Å². The summed E-state index contributed by atoms with van der Waals surface area (Å²) in [5.74, 6) is 0.607. The van der Waals surface area contributed by atoms with Crippen molar-refractivity contribution in [2.24, 2.45) is 0 Å². The summed E-state index contributed by atoms with van der Waals surface area (Å²) in [6.45, 7) is 12.1. The Hall–Kier alpha value is -1.62. The van der Waals surface area contributed by atoms with Gasteiger partial charge in [-0.3, -0.25) is 9.69 Å². The largest absolute Gasteiger partial charge is 0.475 e. The number of pyridine rings is 1. The van der Waals surface area contributed by atoms with Crippen LogP contribution >= 0.6 is 0 Å². The summed E-state index contributed by atoms with van der Waals surface area (Å²) in [4.78, 5) is 21.3. The smallest absolute Gasteiger partial charge is 0.254 e. The molecule has 5 heteroatoms. The molecule has 1 atom stereocenters. The molecule has 1 amide bonds. The van der Waals surface area contributed by atoms with Gasteiger partial charge in [-0.1, -0.05) is 6.92 Å². The van der Waals surface area contributed by atoms with Crippen molar-refractivity contribution in [1.29, 1.82) is 0 Å². The standard InChI is InChI=1S/C18H29N3O2/c1-5-15(4)23-17-13-16(7-8-19-17)18(22)21-10-6-9-20(11-12-21)14(2)3/h7-8,13-15H,5-6,9-12H2,1-4H3/t15-/m1/s1. The minimum atomic E-state index is 0.0759. The average Bonchev–Trinajstić information content (AvgIpc) is 2.80. The molecule has 0 aromatic carbocycles. The van der Waals surface area contributed by atoms with Crippen molar-refractivity contribution in [1.82, 2.24) is 14.8 Å². The molecule has 1 fully saturated rings. The molecule has 1 saturated heterocycles. The van der Waals surface area contributed by atoms with E-state index in [0.717, 1.165) is 39.0 Å². The first-order chi connectivity index (χ1) is 11.0. The quantitative estimate of drug-likeness (QED) is 0.837. The number of nitrogens with zero attached hydrogens (tertiary/aromatic N) is 3. The second kappa shape index (κ2) is 8.29. The normalized spacial score (nSPS) is 17.9. The maximum atomic E-state index is 12.8. The van der Waals surface area contributed by atoms with Crippen LogP contribution in [-0.2, 0) is 0 Å². The Balaban J connectivity index is 2.03. The minimum Gasteiger partial charge on any atom is -0.475 e. The van der Waals surface area contributed by atoms with Gasteiger partial charge in [0, 0.05) is 50.0 Å². The zero-order chi connectivity index (χ0) is 16.8. The van der Waals surface area contributed by atoms with Crippen LogP contribution in [0.25, 0.3) is 0 Å². The van der Waals surface area contributed by atoms with Crippen LogP contribution < -0.4 is 4.74 Å². The first-order valence-electron chi connectivity index (χ1n) is 8.67. The molecule has 1 aliphatic rings. The molecule has 0 unspecified atom stereocenters. The summed E-state index contributed by atoms with van der Waals surface area (Å²) >= 11 is 0. The van der Waals surface area contributed by atoms with Crippen molar-refractivity contribution in [2.75, 3.05) is 26.2 Å². The first-order valence-corrected chi connectivity index (χ1v) is 8.67. The lowest BCUT2D eigenvalue weighted by Gasteiger charge is -2.25. The highest BCUT2D eigenvalue weighted by Gasteiger charge is 2.22. The summed E-state index contributed by atoms with van der Waals surface area (Å²) < 4.78 is 5.72. The van der Waals surface area contributed by atoms with Crippen LogP contribution in [0.1, 0.15) is 50.9 Å². The van der Waals surface area contributed by atoms with E-state index < -0.39 is 0 Å². The van der Waals surface area contributed by atoms with Gasteiger partial charge >= 0.3 is 0 Å². The number of rotatable bonds is 5. The zero-order valence-electron chi connectivity index (χ0n) is 14.8. The van der Waals surface area contributed by atoms with Gasteiger partial charge in [0.2, 0.25) is 5.88 Å². The summed E-state index contributed by atoms with van der Waals surface area (Å²) in [5.41, 5.74) is 0.663. The highest BCUT2D eigenvalue weighted by atomic mass is 16.5. The third-order valence-electron chi connectivity index (χ3n) is 4.43. The van der Waals surface area contributed by atoms with Crippen molar-refractivity contribution in [3.05, 3.63) is 23.9 Å². The van der Waals surface area contributed by atoms with E-state index >= 15 is 0 Å². The minimum absolute atomic E-state index is 0.0759. The number of hydrogen-bond donors (Lipinski definition) is 0. The van der Waals surface area contributed by atoms with Crippen molar-refractivity contribution < 1.29 is 9.53 Å². The van der Waals surface area contributed by atoms with Gasteiger partial charge in [-0.25, -0.2) is 4.98 Å². The molecular weight excluding hydrogens is 290 g/mol. The third-order valence-corrected chi connectivity index (χ3v) is 4.43. The molecular formula is C18H29N3O2. The van der Waals surface area contributed by atoms with Gasteiger partial charge in [0.1, 0.15) is 0 Å². The van der Waals surface area contributed by atoms with E-state index in [1.165, 1.54) is 0 Å². The predicted molar refractivity (Wildman–Crippen MR) is 91.8 cm³/mol. The number of hydrogen-bond acceptors (Lipinski definition) is 4. The second-order valence-electron chi connectivity index (χ2n) is 6.49. The van der Waals surface area contributed by atoms with Crippen LogP contribution in [0.5, 0.6) is 5.88 Å². The molecule has 5 nitrogen and oxygen atoms in total. The average molecular weight is 319 g/mol. The van der Waals surface area contributed by atoms with E-state index in [1.54, 1.807) is 18.3 Å². The molecule has 0 aliphatic carbocycles. The Morgan fingerprint density at radius 3 is 2.74 bits per heavy atom. The molecule has 0 bridgehead atoms. The molecule has 1 aliphatic heterocycles. The Labute approximate surface area is 139 Å². The molecule has 0 saturated carbocycles. The molecule has 2 heterocycles. The SMILES string of the molecule is CC[C@@H](C)Oc1cc(C(=O)N2CCCN(C(C)C)CC2)ccn1. The fraction of sp³-hybridized carbons (Fsp3) is 0.667. The lowest BCUT2D eigenvalue weighted by atomic mass is 10.2. The highest BCUT2D eigenvalue weighted by molar-refractivity contribution is 5.94. The van der Waals surface area contributed by atoms with Gasteiger partial charge in [0.25, 0.3) is 5.91 Å². The predicted octanol–water partition coefficient (Wildman–Crippen LogP) is 2.82. The topological polar surface area (TPSA) is 45.7 Å². The van der Waals surface area contributed by atoms with Crippen LogP contribution in [0.15, 0.2) is 18.3 Å². The molecule has 0 radical (unpaired) electrons. The Morgan fingerprint density at radius 1 is 1.26 bits per heavy atom. The lowest BCUT2D eigenvalue weighted by molar-refractivity contribution is 0.0758. The van der Waals surface area contributed by atoms with Gasteiger partial charge < -0.3 is 9.64 Å². The van der Waals surface area contributed by atoms with Crippen molar-refractivity contribution in [2.45, 2.75) is 52.7 Å². The van der Waals surface area contributed by atoms with Crippen LogP contribution in [-0.4, -0.2) is 59.0 Å². The number of carbonyl (C=O) groups is 1. The number of carbonyl (C=O) groups excluding carboxylic acids is 1. The molecule has 128 valence electrons. The molecule has 23 heavy (non-hydrogen) atoms. The van der Waals surface area contributed by atoms with Gasteiger partial charge in [-0.2, -0.15) is 0 Å². The van der Waals surface area contributed by atoms with Crippen LogP contribution in [0.2, 0.25) is 0 Å². The Kier molecular flexibility index (Phi) is 6.39. The van der Waals surface area contributed by atoms with E-state index in [0.29, 0.717) is 17.5 Å². The van der Waals surface area contributed by atoms with Gasteiger partial charge in [0.05, 0.1) is 6.10 Å². The van der Waals surface area contributed by atoms with E-state index in [9.17, 15) is 4.79 Å². The maximum Gasteiger partial charge on any atom is 0.254 e. The van der Waals surface area contributed by atoms with Crippen LogP contribution in [0.3, 0.4) is 0 Å². The van der Waals surface area contributed by atoms with Crippen molar-refractivity contribution in [3.63, 3.8) is 0 Å². The monoisotopic (exact) mass is 319 g/mol. The highest BCUT2D eigenvalue weighted by Crippen LogP contribution is 2.16. The molecule has 0 N–H and O–H groups in total. The summed E-state index contributed by atoms with van der Waals surface area (Å²) in [6, 6.07) is 4.07. The Morgan fingerprint density at radius 2 is 2.04 bits per heavy atom. The fourth-order valence-corrected chi connectivity index (χ4v) is 2.74. The summed E-state index contributed by atoms with van der Waals surface area (Å²) in [5, 5.41) is 0. The summed E-state index contributed by atoms with van der Waals surface area (Å²) in [6.07, 6.45) is 3.69. The molecule has 0 spiro atoms. The van der Waals surface area contributed by atoms with Crippen LogP contribution in [0.4, 0.5) is 0 Å². The van der Waals surface area contributed by atoms with Crippen LogP contribution in [0, 0.1) is 0 Å². The van der Waals surface area contributed by atoms with E-state index in [1.807, 2.05) is 11.8 Å². The molecule has 1 aromatic heterocycles. The van der Waals surface area contributed by atoms with Gasteiger partial charge in [-0.05, 0) is 39.7 Å². The van der Waals surface area contributed by atoms with Crippen molar-refractivity contribution in [3.8, 4) is 5.88 Å². The molecule has 2 rings (SSSR count). The van der Waals surface area contributed by atoms with E-state index in [2.05, 4.69) is 30.7 Å². The van der Waals surface area contributed by atoms with Crippen molar-refractivity contribution >= 4 is 5.91 Å².